The molecule has 0 aliphatic rings. The third-order valence-electron chi connectivity index (χ3n) is 1.55. The zero-order valence-electron chi connectivity index (χ0n) is 8.47. The predicted molar refractivity (Wildman–Crippen MR) is 55.2 cm³/mol. The van der Waals surface area contributed by atoms with E-state index in [2.05, 4.69) is 17.0 Å². The van der Waals surface area contributed by atoms with E-state index < -0.39 is 10.0 Å². The van der Waals surface area contributed by atoms with Gasteiger partial charge in [-0.3, -0.25) is 0 Å². The van der Waals surface area contributed by atoms with E-state index in [-0.39, 0.29) is 5.75 Å². The van der Waals surface area contributed by atoms with Gasteiger partial charge in [-0.1, -0.05) is 13.8 Å². The summed E-state index contributed by atoms with van der Waals surface area (Å²) in [6, 6.07) is 0. The van der Waals surface area contributed by atoms with Crippen LogP contribution in [0, 0.1) is 0 Å². The summed E-state index contributed by atoms with van der Waals surface area (Å²) in [5.74, 6) is 0.174. The van der Waals surface area contributed by atoms with Crippen LogP contribution in [-0.2, 0) is 10.0 Å². The summed E-state index contributed by atoms with van der Waals surface area (Å²) in [5.41, 5.74) is 0. The lowest BCUT2D eigenvalue weighted by molar-refractivity contribution is 0.575. The molecule has 0 spiro atoms. The lowest BCUT2D eigenvalue weighted by Gasteiger charge is -2.05. The molecule has 2 N–H and O–H groups in total. The Labute approximate surface area is 81.2 Å². The van der Waals surface area contributed by atoms with Crippen LogP contribution in [0.25, 0.3) is 0 Å². The fourth-order valence-corrected chi connectivity index (χ4v) is 1.91. The molecule has 0 heterocycles. The SMILES string of the molecule is CCCNCCS(=O)(=O)NCCC. The Morgan fingerprint density at radius 2 is 1.62 bits per heavy atom. The molecule has 0 radical (unpaired) electrons. The quantitative estimate of drug-likeness (QED) is 0.565. The van der Waals surface area contributed by atoms with Gasteiger partial charge in [0, 0.05) is 13.1 Å². The summed E-state index contributed by atoms with van der Waals surface area (Å²) in [6.45, 7) is 5.95. The first-order chi connectivity index (χ1) is 6.12. The van der Waals surface area contributed by atoms with Crippen LogP contribution in [-0.4, -0.2) is 33.8 Å². The smallest absolute Gasteiger partial charge is 0.212 e. The van der Waals surface area contributed by atoms with Gasteiger partial charge in [0.15, 0.2) is 0 Å². The van der Waals surface area contributed by atoms with E-state index in [1.54, 1.807) is 0 Å². The molecular weight excluding hydrogens is 188 g/mol. The van der Waals surface area contributed by atoms with Gasteiger partial charge < -0.3 is 5.32 Å². The van der Waals surface area contributed by atoms with Crippen molar-refractivity contribution in [2.45, 2.75) is 26.7 Å². The molecule has 0 aromatic rings. The fourth-order valence-electron chi connectivity index (χ4n) is 0.838. The van der Waals surface area contributed by atoms with Crippen LogP contribution in [0.3, 0.4) is 0 Å². The van der Waals surface area contributed by atoms with Crippen LogP contribution in [0.4, 0.5) is 0 Å². The average Bonchev–Trinajstić information content (AvgIpc) is 2.09. The molecule has 0 aromatic carbocycles. The zero-order chi connectivity index (χ0) is 10.2. The van der Waals surface area contributed by atoms with Crippen molar-refractivity contribution in [3.63, 3.8) is 0 Å². The first-order valence-electron chi connectivity index (χ1n) is 4.80. The average molecular weight is 208 g/mol. The zero-order valence-corrected chi connectivity index (χ0v) is 9.28. The van der Waals surface area contributed by atoms with Gasteiger partial charge in [-0.05, 0) is 19.4 Å². The normalized spacial score (nSPS) is 11.8. The van der Waals surface area contributed by atoms with Crippen molar-refractivity contribution < 1.29 is 8.42 Å². The monoisotopic (exact) mass is 208 g/mol. The third kappa shape index (κ3) is 8.21. The van der Waals surface area contributed by atoms with E-state index in [4.69, 9.17) is 0 Å². The van der Waals surface area contributed by atoms with Crippen molar-refractivity contribution in [3.8, 4) is 0 Å². The van der Waals surface area contributed by atoms with E-state index >= 15 is 0 Å². The van der Waals surface area contributed by atoms with Crippen LogP contribution in [0.1, 0.15) is 26.7 Å². The third-order valence-corrected chi connectivity index (χ3v) is 2.93. The molecule has 0 unspecified atom stereocenters. The molecule has 0 saturated heterocycles. The minimum Gasteiger partial charge on any atom is -0.316 e. The molecule has 80 valence electrons. The van der Waals surface area contributed by atoms with Gasteiger partial charge >= 0.3 is 0 Å². The van der Waals surface area contributed by atoms with E-state index in [0.29, 0.717) is 13.1 Å². The summed E-state index contributed by atoms with van der Waals surface area (Å²) < 4.78 is 24.9. The van der Waals surface area contributed by atoms with Gasteiger partial charge in [0.2, 0.25) is 10.0 Å². The van der Waals surface area contributed by atoms with Crippen molar-refractivity contribution >= 4 is 10.0 Å². The molecule has 0 atom stereocenters. The predicted octanol–water partition coefficient (Wildman–Crippen LogP) is 0.315. The molecule has 0 amide bonds. The van der Waals surface area contributed by atoms with Crippen LogP contribution >= 0.6 is 0 Å². The summed E-state index contributed by atoms with van der Waals surface area (Å²) in [7, 11) is -3.04. The summed E-state index contributed by atoms with van der Waals surface area (Å²) in [6.07, 6.45) is 1.87. The Balaban J connectivity index is 3.52. The van der Waals surface area contributed by atoms with Gasteiger partial charge in [0.05, 0.1) is 5.75 Å². The lowest BCUT2D eigenvalue weighted by atomic mass is 10.5. The second-order valence-electron chi connectivity index (χ2n) is 2.96. The van der Waals surface area contributed by atoms with Gasteiger partial charge in [0.1, 0.15) is 0 Å². The topological polar surface area (TPSA) is 58.2 Å². The number of sulfonamides is 1. The first-order valence-corrected chi connectivity index (χ1v) is 6.45. The fraction of sp³-hybridized carbons (Fsp3) is 1.00. The molecule has 0 bridgehead atoms. The molecule has 5 heteroatoms. The van der Waals surface area contributed by atoms with Crippen LogP contribution in [0.2, 0.25) is 0 Å². The number of rotatable bonds is 8. The molecule has 13 heavy (non-hydrogen) atoms. The van der Waals surface area contributed by atoms with Gasteiger partial charge in [-0.25, -0.2) is 13.1 Å². The summed E-state index contributed by atoms with van der Waals surface area (Å²) in [5, 5.41) is 3.05. The largest absolute Gasteiger partial charge is 0.316 e. The highest BCUT2D eigenvalue weighted by molar-refractivity contribution is 7.89. The number of hydrogen-bond donors (Lipinski definition) is 2. The molecule has 0 aliphatic heterocycles. The van der Waals surface area contributed by atoms with E-state index in [1.807, 2.05) is 6.92 Å². The maximum absolute atomic E-state index is 11.2. The Morgan fingerprint density at radius 1 is 1.00 bits per heavy atom. The van der Waals surface area contributed by atoms with Crippen molar-refractivity contribution in [3.05, 3.63) is 0 Å². The number of nitrogens with one attached hydrogen (secondary N) is 2. The highest BCUT2D eigenvalue weighted by Crippen LogP contribution is 1.83. The summed E-state index contributed by atoms with van der Waals surface area (Å²) >= 11 is 0. The van der Waals surface area contributed by atoms with Crippen LogP contribution in [0.5, 0.6) is 0 Å². The van der Waals surface area contributed by atoms with Crippen molar-refractivity contribution in [1.29, 1.82) is 0 Å². The maximum atomic E-state index is 11.2. The highest BCUT2D eigenvalue weighted by Gasteiger charge is 2.06. The second kappa shape index (κ2) is 7.29. The molecular formula is C8H20N2O2S. The van der Waals surface area contributed by atoms with Crippen LogP contribution in [0.15, 0.2) is 0 Å². The Hall–Kier alpha value is -0.130. The Kier molecular flexibility index (Phi) is 7.22. The molecule has 0 fully saturated rings. The molecule has 0 aliphatic carbocycles. The standard InChI is InChI=1S/C8H20N2O2S/c1-3-5-9-7-8-13(11,12)10-6-4-2/h9-10H,3-8H2,1-2H3. The molecule has 0 aromatic heterocycles. The maximum Gasteiger partial charge on any atom is 0.212 e. The highest BCUT2D eigenvalue weighted by atomic mass is 32.2. The second-order valence-corrected chi connectivity index (χ2v) is 4.89. The van der Waals surface area contributed by atoms with Gasteiger partial charge in [0.25, 0.3) is 0 Å². The van der Waals surface area contributed by atoms with Crippen molar-refractivity contribution in [1.82, 2.24) is 10.0 Å². The van der Waals surface area contributed by atoms with Gasteiger partial charge in [-0.15, -0.1) is 0 Å². The van der Waals surface area contributed by atoms with Crippen LogP contribution < -0.4 is 10.0 Å². The van der Waals surface area contributed by atoms with E-state index in [0.717, 1.165) is 19.4 Å². The first kappa shape index (κ1) is 12.9. The molecule has 0 rings (SSSR count). The van der Waals surface area contributed by atoms with E-state index in [1.165, 1.54) is 0 Å². The minimum atomic E-state index is -3.04. The van der Waals surface area contributed by atoms with E-state index in [9.17, 15) is 8.42 Å². The Bertz CT molecular complexity index is 202. The molecule has 0 saturated carbocycles. The molecule has 4 nitrogen and oxygen atoms in total. The minimum absolute atomic E-state index is 0.174. The lowest BCUT2D eigenvalue weighted by Crippen LogP contribution is -2.32. The summed E-state index contributed by atoms with van der Waals surface area (Å²) in [4.78, 5) is 0. The Morgan fingerprint density at radius 3 is 2.15 bits per heavy atom. The number of hydrogen-bond acceptors (Lipinski definition) is 3. The van der Waals surface area contributed by atoms with Crippen molar-refractivity contribution in [2.24, 2.45) is 0 Å². The van der Waals surface area contributed by atoms with Gasteiger partial charge in [-0.2, -0.15) is 0 Å². The van der Waals surface area contributed by atoms with Crippen molar-refractivity contribution in [2.75, 3.05) is 25.4 Å².